The lowest BCUT2D eigenvalue weighted by molar-refractivity contribution is 1.00. The molecule has 0 radical (unpaired) electrons. The van der Waals surface area contributed by atoms with Gasteiger partial charge in [-0.3, -0.25) is 4.57 Å². The number of aryl methyl sites for hydroxylation is 1. The number of para-hydroxylation sites is 2. The van der Waals surface area contributed by atoms with Crippen LogP contribution >= 0.6 is 0 Å². The summed E-state index contributed by atoms with van der Waals surface area (Å²) in [6.07, 6.45) is 0. The van der Waals surface area contributed by atoms with Crippen molar-refractivity contribution in [1.82, 2.24) is 9.55 Å². The maximum absolute atomic E-state index is 8.98. The number of imidazole rings is 1. The van der Waals surface area contributed by atoms with E-state index in [0.717, 1.165) is 43.8 Å². The lowest BCUT2D eigenvalue weighted by Gasteiger charge is -2.19. The summed E-state index contributed by atoms with van der Waals surface area (Å²) in [4.78, 5) is 4.50. The Bertz CT molecular complexity index is 2610. The van der Waals surface area contributed by atoms with Gasteiger partial charge in [0.05, 0.1) is 17.9 Å². The molecular weight excluding hydrogens is 508 g/mol. The van der Waals surface area contributed by atoms with Crippen LogP contribution in [0.4, 0.5) is 0 Å². The van der Waals surface area contributed by atoms with Gasteiger partial charge < -0.3 is 0 Å². The Morgan fingerprint density at radius 2 is 1.24 bits per heavy atom. The first-order chi connectivity index (χ1) is 24.0. The number of rotatable bonds is 4. The van der Waals surface area contributed by atoms with E-state index in [1.807, 2.05) is 115 Å². The van der Waals surface area contributed by atoms with E-state index in [1.54, 1.807) is 10.6 Å². The van der Waals surface area contributed by atoms with Crippen molar-refractivity contribution in [3.05, 3.63) is 157 Å². The van der Waals surface area contributed by atoms with Crippen molar-refractivity contribution < 1.29 is 11.0 Å². The van der Waals surface area contributed by atoms with Crippen molar-refractivity contribution in [2.75, 3.05) is 0 Å². The largest absolute Gasteiger partial charge is 0.297 e. The summed E-state index contributed by atoms with van der Waals surface area (Å²) in [6.45, 7) is -2.46. The third-order valence-corrected chi connectivity index (χ3v) is 7.83. The smallest absolute Gasteiger partial charge is 0.111 e. The molecule has 0 saturated heterocycles. The Labute approximate surface area is 256 Å². The number of fused-ring (bicyclic) bond motifs is 3. The molecule has 1 heterocycles. The minimum absolute atomic E-state index is 0.0328. The molecule has 0 bridgehead atoms. The summed E-state index contributed by atoms with van der Waals surface area (Å²) >= 11 is 0. The minimum Gasteiger partial charge on any atom is -0.297 e. The van der Waals surface area contributed by atoms with Crippen LogP contribution in [0.1, 0.15) is 16.8 Å². The minimum atomic E-state index is -2.46. The monoisotopic (exact) mass is 544 g/mol. The van der Waals surface area contributed by atoms with Crippen molar-refractivity contribution >= 4 is 32.6 Å². The van der Waals surface area contributed by atoms with Gasteiger partial charge >= 0.3 is 0 Å². The highest BCUT2D eigenvalue weighted by Crippen LogP contribution is 2.45. The van der Waals surface area contributed by atoms with Crippen LogP contribution in [-0.4, -0.2) is 9.55 Å². The van der Waals surface area contributed by atoms with Crippen molar-refractivity contribution in [3.8, 4) is 39.1 Å². The molecule has 7 aromatic carbocycles. The van der Waals surface area contributed by atoms with Crippen LogP contribution in [0.3, 0.4) is 0 Å². The maximum atomic E-state index is 8.98. The quantitative estimate of drug-likeness (QED) is 0.202. The summed E-state index contributed by atoms with van der Waals surface area (Å²) < 4.78 is 69.8. The van der Waals surface area contributed by atoms with E-state index in [4.69, 9.17) is 11.0 Å². The van der Waals surface area contributed by atoms with Crippen molar-refractivity contribution in [2.24, 2.45) is 0 Å². The molecule has 2 nitrogen and oxygen atoms in total. The van der Waals surface area contributed by atoms with Crippen molar-refractivity contribution in [1.29, 1.82) is 0 Å². The SMILES string of the molecule is [2H]c1c([2H])c([2H])c(-c2c3ccccc3c(-c3cccc(-n4c(C([2H])([2H])[2H])nc5ccccc54)c3)c3ccc(-c4ccccc4)cc23)c([2H])c1[2H]. The van der Waals surface area contributed by atoms with E-state index in [2.05, 4.69) is 4.98 Å². The topological polar surface area (TPSA) is 17.8 Å². The lowest BCUT2D eigenvalue weighted by Crippen LogP contribution is -1.97. The fraction of sp³-hybridized carbons (Fsp3) is 0.0250. The Kier molecular flexibility index (Phi) is 4.08. The number of hydrogen-bond donors (Lipinski definition) is 0. The number of hydrogen-bond acceptors (Lipinski definition) is 1. The molecule has 0 fully saturated rings. The van der Waals surface area contributed by atoms with Gasteiger partial charge in [0.2, 0.25) is 0 Å². The van der Waals surface area contributed by atoms with E-state index in [9.17, 15) is 0 Å². The molecule has 0 N–H and O–H groups in total. The van der Waals surface area contributed by atoms with Crippen molar-refractivity contribution in [3.63, 3.8) is 0 Å². The van der Waals surface area contributed by atoms with Crippen LogP contribution in [0.15, 0.2) is 152 Å². The second kappa shape index (κ2) is 9.87. The maximum Gasteiger partial charge on any atom is 0.111 e. The Morgan fingerprint density at radius 3 is 2.05 bits per heavy atom. The van der Waals surface area contributed by atoms with Crippen LogP contribution in [0, 0.1) is 6.85 Å². The first-order valence-electron chi connectivity index (χ1n) is 17.7. The molecular formula is C40H28N2. The molecule has 0 aliphatic heterocycles. The van der Waals surface area contributed by atoms with E-state index < -0.39 is 25.0 Å². The van der Waals surface area contributed by atoms with E-state index in [-0.39, 0.29) is 23.5 Å². The van der Waals surface area contributed by atoms with Crippen LogP contribution in [-0.2, 0) is 0 Å². The predicted molar refractivity (Wildman–Crippen MR) is 177 cm³/mol. The molecule has 8 aromatic rings. The highest BCUT2D eigenvalue weighted by Gasteiger charge is 2.18. The summed E-state index contributed by atoms with van der Waals surface area (Å²) in [5.74, 6) is -0.0328. The summed E-state index contributed by atoms with van der Waals surface area (Å²) in [6, 6.07) is 36.9. The lowest BCUT2D eigenvalue weighted by atomic mass is 9.85. The van der Waals surface area contributed by atoms with Gasteiger partial charge in [-0.15, -0.1) is 0 Å². The molecule has 8 rings (SSSR count). The normalized spacial score (nSPS) is 14.5. The molecule has 0 amide bonds. The number of aromatic nitrogens is 2. The van der Waals surface area contributed by atoms with Gasteiger partial charge in [0.15, 0.2) is 0 Å². The summed E-state index contributed by atoms with van der Waals surface area (Å²) in [5.41, 5.74) is 6.15. The highest BCUT2D eigenvalue weighted by atomic mass is 15.1. The Balaban J connectivity index is 1.50. The van der Waals surface area contributed by atoms with Gasteiger partial charge in [-0.1, -0.05) is 121 Å². The fourth-order valence-corrected chi connectivity index (χ4v) is 6.03. The molecule has 0 atom stereocenters. The standard InChI is InChI=1S/C40H28N2/c1-27-41-37-21-10-11-22-38(37)42(27)32-18-12-17-31(25-32)40-34-20-9-8-19-33(34)39(29-15-6-3-7-16-29)36-26-30(23-24-35(36)40)28-13-4-2-5-14-28/h2-26H,1H3/i1D3,3D,6D,7D,15D,16D. The molecule has 0 aliphatic rings. The Morgan fingerprint density at radius 1 is 0.548 bits per heavy atom. The van der Waals surface area contributed by atoms with Gasteiger partial charge in [-0.2, -0.15) is 0 Å². The third-order valence-electron chi connectivity index (χ3n) is 7.83. The molecule has 0 saturated carbocycles. The van der Waals surface area contributed by atoms with E-state index in [0.29, 0.717) is 22.3 Å². The first-order valence-corrected chi connectivity index (χ1v) is 13.7. The van der Waals surface area contributed by atoms with Gasteiger partial charge in [0.1, 0.15) is 5.82 Å². The molecule has 2 heteroatoms. The van der Waals surface area contributed by atoms with Gasteiger partial charge in [0, 0.05) is 9.80 Å². The van der Waals surface area contributed by atoms with E-state index in [1.165, 1.54) is 0 Å². The van der Waals surface area contributed by atoms with Crippen molar-refractivity contribution in [2.45, 2.75) is 6.85 Å². The second-order valence-electron chi connectivity index (χ2n) is 10.2. The van der Waals surface area contributed by atoms with E-state index >= 15 is 0 Å². The van der Waals surface area contributed by atoms with Crippen LogP contribution in [0.5, 0.6) is 0 Å². The van der Waals surface area contributed by atoms with Gasteiger partial charge in [0.25, 0.3) is 0 Å². The zero-order valence-corrected chi connectivity index (χ0v) is 22.4. The third kappa shape index (κ3) is 3.92. The van der Waals surface area contributed by atoms with Crippen LogP contribution in [0.25, 0.3) is 71.6 Å². The molecule has 0 unspecified atom stereocenters. The Hall–Kier alpha value is -5.47. The summed E-state index contributed by atoms with van der Waals surface area (Å²) in [7, 11) is 0. The number of benzene rings is 7. The molecule has 0 aliphatic carbocycles. The average molecular weight is 545 g/mol. The zero-order valence-electron chi connectivity index (χ0n) is 30.4. The molecule has 0 spiro atoms. The second-order valence-corrected chi connectivity index (χ2v) is 10.2. The first kappa shape index (κ1) is 17.4. The number of nitrogens with zero attached hydrogens (tertiary/aromatic N) is 2. The van der Waals surface area contributed by atoms with Crippen LogP contribution in [0.2, 0.25) is 0 Å². The average Bonchev–Trinajstić information content (AvgIpc) is 3.54. The zero-order chi connectivity index (χ0) is 34.9. The fourth-order valence-electron chi connectivity index (χ4n) is 6.03. The van der Waals surface area contributed by atoms with Gasteiger partial charge in [-0.05, 0) is 92.1 Å². The molecule has 198 valence electrons. The molecule has 1 aromatic heterocycles. The van der Waals surface area contributed by atoms with Crippen LogP contribution < -0.4 is 0 Å². The molecule has 42 heavy (non-hydrogen) atoms. The highest BCUT2D eigenvalue weighted by molar-refractivity contribution is 6.22. The summed E-state index contributed by atoms with van der Waals surface area (Å²) in [5, 5.41) is 3.08. The van der Waals surface area contributed by atoms with Gasteiger partial charge in [-0.25, -0.2) is 4.98 Å². The predicted octanol–water partition coefficient (Wildman–Crippen LogP) is 10.6.